The Bertz CT molecular complexity index is 327. The van der Waals surface area contributed by atoms with E-state index in [9.17, 15) is 4.39 Å². The van der Waals surface area contributed by atoms with Crippen LogP contribution in [0.2, 0.25) is 0 Å². The quantitative estimate of drug-likeness (QED) is 0.594. The van der Waals surface area contributed by atoms with Crippen molar-refractivity contribution in [2.24, 2.45) is 0 Å². The van der Waals surface area contributed by atoms with Crippen LogP contribution in [0.25, 0.3) is 0 Å². The second-order valence-corrected chi connectivity index (χ2v) is 2.20. The standard InChI is InChI=1S/C8H4FNS/c9-8-3-6(5-11)1-2-7(8)4-10/h1-3,5H. The maximum Gasteiger partial charge on any atom is 0.141 e. The lowest BCUT2D eigenvalue weighted by Crippen LogP contribution is -1.85. The monoisotopic (exact) mass is 165 g/mol. The van der Waals surface area contributed by atoms with Crippen molar-refractivity contribution in [3.05, 3.63) is 35.1 Å². The molecule has 1 aromatic carbocycles. The molecule has 0 aliphatic carbocycles. The van der Waals surface area contributed by atoms with Gasteiger partial charge in [-0.3, -0.25) is 0 Å². The zero-order valence-corrected chi connectivity index (χ0v) is 6.36. The third kappa shape index (κ3) is 1.60. The highest BCUT2D eigenvalue weighted by Crippen LogP contribution is 2.07. The summed E-state index contributed by atoms with van der Waals surface area (Å²) in [5.41, 5.74) is 0.655. The number of halogens is 1. The number of thiocarbonyl (C=S) groups is 1. The predicted octanol–water partition coefficient (Wildman–Crippen LogP) is 2.05. The topological polar surface area (TPSA) is 23.8 Å². The van der Waals surface area contributed by atoms with Crippen LogP contribution in [0, 0.1) is 17.1 Å². The van der Waals surface area contributed by atoms with E-state index in [1.165, 1.54) is 17.5 Å². The Morgan fingerprint density at radius 3 is 2.73 bits per heavy atom. The van der Waals surface area contributed by atoms with E-state index in [-0.39, 0.29) is 5.56 Å². The summed E-state index contributed by atoms with van der Waals surface area (Å²) in [7, 11) is 0. The van der Waals surface area contributed by atoms with Crippen molar-refractivity contribution in [2.45, 2.75) is 0 Å². The highest BCUT2D eigenvalue weighted by Gasteiger charge is 1.99. The second kappa shape index (κ2) is 3.22. The first-order valence-corrected chi connectivity index (χ1v) is 3.40. The van der Waals surface area contributed by atoms with Gasteiger partial charge >= 0.3 is 0 Å². The molecule has 0 heterocycles. The Morgan fingerprint density at radius 1 is 1.55 bits per heavy atom. The smallest absolute Gasteiger partial charge is 0.141 e. The van der Waals surface area contributed by atoms with Crippen molar-refractivity contribution in [3.8, 4) is 6.07 Å². The van der Waals surface area contributed by atoms with Crippen molar-refractivity contribution in [3.63, 3.8) is 0 Å². The SMILES string of the molecule is N#Cc1ccc(C=S)cc1F. The molecule has 1 nitrogen and oxygen atoms in total. The van der Waals surface area contributed by atoms with E-state index in [1.807, 2.05) is 0 Å². The lowest BCUT2D eigenvalue weighted by atomic mass is 10.1. The average molecular weight is 165 g/mol. The highest BCUT2D eigenvalue weighted by molar-refractivity contribution is 7.79. The molecule has 1 rings (SSSR count). The fraction of sp³-hybridized carbons (Fsp3) is 0. The maximum absolute atomic E-state index is 12.7. The first-order valence-electron chi connectivity index (χ1n) is 2.93. The first-order chi connectivity index (χ1) is 5.27. The van der Waals surface area contributed by atoms with Crippen LogP contribution >= 0.6 is 12.2 Å². The number of hydrogen-bond donors (Lipinski definition) is 0. The van der Waals surface area contributed by atoms with Gasteiger partial charge in [-0.15, -0.1) is 0 Å². The van der Waals surface area contributed by atoms with Crippen LogP contribution in [0.5, 0.6) is 0 Å². The van der Waals surface area contributed by atoms with E-state index in [0.717, 1.165) is 0 Å². The predicted molar refractivity (Wildman–Crippen MR) is 43.9 cm³/mol. The molecule has 0 aromatic heterocycles. The van der Waals surface area contributed by atoms with E-state index < -0.39 is 5.82 Å². The summed E-state index contributed by atoms with van der Waals surface area (Å²) < 4.78 is 12.7. The molecule has 0 amide bonds. The van der Waals surface area contributed by atoms with Crippen molar-refractivity contribution in [1.29, 1.82) is 5.26 Å². The van der Waals surface area contributed by atoms with Gasteiger partial charge in [0.05, 0.1) is 5.56 Å². The third-order valence-corrected chi connectivity index (χ3v) is 1.52. The van der Waals surface area contributed by atoms with E-state index in [4.69, 9.17) is 5.26 Å². The molecule has 0 saturated carbocycles. The summed E-state index contributed by atoms with van der Waals surface area (Å²) in [6.45, 7) is 0. The van der Waals surface area contributed by atoms with Gasteiger partial charge in [-0.2, -0.15) is 5.26 Å². The second-order valence-electron chi connectivity index (χ2n) is 1.97. The minimum atomic E-state index is -0.522. The van der Waals surface area contributed by atoms with Gasteiger partial charge < -0.3 is 0 Å². The summed E-state index contributed by atoms with van der Waals surface area (Å²) in [4.78, 5) is 0. The highest BCUT2D eigenvalue weighted by atomic mass is 32.1. The minimum absolute atomic E-state index is 0.0469. The van der Waals surface area contributed by atoms with Gasteiger partial charge in [0.15, 0.2) is 0 Å². The van der Waals surface area contributed by atoms with Gasteiger partial charge in [0.25, 0.3) is 0 Å². The zero-order valence-electron chi connectivity index (χ0n) is 5.54. The molecule has 0 aliphatic rings. The van der Waals surface area contributed by atoms with Crippen LogP contribution in [0.1, 0.15) is 11.1 Å². The molecule has 3 heteroatoms. The van der Waals surface area contributed by atoms with Crippen LogP contribution in [0.3, 0.4) is 0 Å². The number of hydrogen-bond acceptors (Lipinski definition) is 2. The first kappa shape index (κ1) is 7.83. The molecule has 0 saturated heterocycles. The summed E-state index contributed by atoms with van der Waals surface area (Å²) in [6.07, 6.45) is 0. The molecule has 0 fully saturated rings. The Kier molecular flexibility index (Phi) is 2.29. The number of benzene rings is 1. The normalized spacial score (nSPS) is 8.73. The molecular formula is C8H4FNS. The molecule has 0 unspecified atom stereocenters. The van der Waals surface area contributed by atoms with Gasteiger partial charge in [-0.1, -0.05) is 18.3 Å². The summed E-state index contributed by atoms with van der Waals surface area (Å²) in [5, 5.41) is 9.72. The fourth-order valence-electron chi connectivity index (χ4n) is 0.695. The summed E-state index contributed by atoms with van der Waals surface area (Å²) in [5.74, 6) is -0.522. The van der Waals surface area contributed by atoms with E-state index in [2.05, 4.69) is 12.2 Å². The molecule has 0 bridgehead atoms. The van der Waals surface area contributed by atoms with Crippen molar-refractivity contribution >= 4 is 17.6 Å². The molecule has 54 valence electrons. The lowest BCUT2D eigenvalue weighted by molar-refractivity contribution is 0.624. The van der Waals surface area contributed by atoms with Gasteiger partial charge in [-0.25, -0.2) is 4.39 Å². The van der Waals surface area contributed by atoms with Crippen LogP contribution < -0.4 is 0 Å². The molecule has 0 aliphatic heterocycles. The molecular weight excluding hydrogens is 161 g/mol. The molecule has 0 atom stereocenters. The largest absolute Gasteiger partial charge is 0.206 e. The molecule has 0 spiro atoms. The van der Waals surface area contributed by atoms with Crippen LogP contribution in [-0.2, 0) is 0 Å². The number of rotatable bonds is 1. The number of nitrogens with zero attached hydrogens (tertiary/aromatic N) is 1. The van der Waals surface area contributed by atoms with Gasteiger partial charge in [0.2, 0.25) is 0 Å². The van der Waals surface area contributed by atoms with Crippen molar-refractivity contribution in [1.82, 2.24) is 0 Å². The molecule has 0 N–H and O–H groups in total. The zero-order chi connectivity index (χ0) is 8.27. The van der Waals surface area contributed by atoms with Crippen LogP contribution in [0.15, 0.2) is 18.2 Å². The van der Waals surface area contributed by atoms with E-state index >= 15 is 0 Å². The van der Waals surface area contributed by atoms with Crippen molar-refractivity contribution in [2.75, 3.05) is 0 Å². The van der Waals surface area contributed by atoms with Crippen LogP contribution in [-0.4, -0.2) is 5.37 Å². The summed E-state index contributed by atoms with van der Waals surface area (Å²) in [6, 6.07) is 5.98. The third-order valence-electron chi connectivity index (χ3n) is 1.25. The lowest BCUT2D eigenvalue weighted by Gasteiger charge is -1.93. The van der Waals surface area contributed by atoms with Gasteiger partial charge in [0.1, 0.15) is 11.9 Å². The van der Waals surface area contributed by atoms with Crippen molar-refractivity contribution < 1.29 is 4.39 Å². The van der Waals surface area contributed by atoms with E-state index in [1.54, 1.807) is 12.1 Å². The maximum atomic E-state index is 12.7. The minimum Gasteiger partial charge on any atom is -0.206 e. The number of nitriles is 1. The van der Waals surface area contributed by atoms with Gasteiger partial charge in [0, 0.05) is 5.37 Å². The fourth-order valence-corrected chi connectivity index (χ4v) is 0.842. The Balaban J connectivity index is 3.22. The Labute approximate surface area is 69.1 Å². The Morgan fingerprint density at radius 2 is 2.27 bits per heavy atom. The molecule has 11 heavy (non-hydrogen) atoms. The van der Waals surface area contributed by atoms with E-state index in [0.29, 0.717) is 5.56 Å². The average Bonchev–Trinajstić information content (AvgIpc) is 2.04. The summed E-state index contributed by atoms with van der Waals surface area (Å²) >= 11 is 4.58. The Hall–Kier alpha value is -1.27. The van der Waals surface area contributed by atoms with Gasteiger partial charge in [-0.05, 0) is 17.7 Å². The molecule has 1 aromatic rings. The molecule has 0 radical (unpaired) electrons. The van der Waals surface area contributed by atoms with Crippen LogP contribution in [0.4, 0.5) is 4.39 Å².